The molecule has 0 radical (unpaired) electrons. The number of amides is 1. The van der Waals surface area contributed by atoms with Gasteiger partial charge in [-0.1, -0.05) is 36.1 Å². The molecule has 1 unspecified atom stereocenters. The molecule has 1 fully saturated rings. The molecule has 192 valence electrons. The number of anilines is 1. The lowest BCUT2D eigenvalue weighted by atomic mass is 9.95. The van der Waals surface area contributed by atoms with Gasteiger partial charge in [-0.2, -0.15) is 0 Å². The number of aliphatic hydroxyl groups is 1. The van der Waals surface area contributed by atoms with E-state index >= 15 is 0 Å². The van der Waals surface area contributed by atoms with Gasteiger partial charge in [0.25, 0.3) is 5.78 Å². The first-order chi connectivity index (χ1) is 18.4. The number of thiazole rings is 1. The second kappa shape index (κ2) is 10.4. The van der Waals surface area contributed by atoms with E-state index in [1.165, 1.54) is 23.3 Å². The van der Waals surface area contributed by atoms with Crippen molar-refractivity contribution >= 4 is 44.1 Å². The van der Waals surface area contributed by atoms with E-state index in [1.54, 1.807) is 73.8 Å². The molecular weight excluding hydrogens is 504 g/mol. The summed E-state index contributed by atoms with van der Waals surface area (Å²) in [5.74, 6) is -0.00389. The third kappa shape index (κ3) is 4.48. The number of Topliss-reactive ketones (excluding diaryl/α,β-unsaturated/α-hetero) is 1. The van der Waals surface area contributed by atoms with Crippen LogP contribution >= 0.6 is 11.3 Å². The second-order valence-electron chi connectivity index (χ2n) is 8.40. The van der Waals surface area contributed by atoms with E-state index in [2.05, 4.69) is 11.6 Å². The number of benzene rings is 3. The smallest absolute Gasteiger partial charge is 0.301 e. The average Bonchev–Trinajstić information content (AvgIpc) is 3.49. The fourth-order valence-electron chi connectivity index (χ4n) is 4.27. The molecule has 1 aromatic heterocycles. The van der Waals surface area contributed by atoms with Gasteiger partial charge in [-0.15, -0.1) is 0 Å². The Balaban J connectivity index is 1.66. The lowest BCUT2D eigenvalue weighted by molar-refractivity contribution is -0.132. The fourth-order valence-corrected chi connectivity index (χ4v) is 5.29. The van der Waals surface area contributed by atoms with Gasteiger partial charge in [0.05, 0.1) is 36.1 Å². The van der Waals surface area contributed by atoms with Crippen molar-refractivity contribution in [3.05, 3.63) is 96.1 Å². The fraction of sp³-hybridized carbons (Fsp3) is 0.138. The minimum Gasteiger partial charge on any atom is -0.507 e. The number of rotatable bonds is 8. The van der Waals surface area contributed by atoms with E-state index < -0.39 is 17.7 Å². The Labute approximate surface area is 223 Å². The van der Waals surface area contributed by atoms with Gasteiger partial charge in [0, 0.05) is 5.56 Å². The van der Waals surface area contributed by atoms with Crippen molar-refractivity contribution in [2.75, 3.05) is 25.7 Å². The van der Waals surface area contributed by atoms with E-state index in [4.69, 9.17) is 14.2 Å². The summed E-state index contributed by atoms with van der Waals surface area (Å²) in [4.78, 5) is 32.9. The van der Waals surface area contributed by atoms with Crippen molar-refractivity contribution in [2.24, 2.45) is 0 Å². The first-order valence-corrected chi connectivity index (χ1v) is 12.5. The molecule has 1 amide bonds. The van der Waals surface area contributed by atoms with Gasteiger partial charge < -0.3 is 19.3 Å². The molecule has 8 nitrogen and oxygen atoms in total. The summed E-state index contributed by atoms with van der Waals surface area (Å²) in [7, 11) is 3.11. The summed E-state index contributed by atoms with van der Waals surface area (Å²) >= 11 is 1.26. The third-order valence-electron chi connectivity index (χ3n) is 6.16. The van der Waals surface area contributed by atoms with Crippen molar-refractivity contribution in [3.63, 3.8) is 0 Å². The van der Waals surface area contributed by atoms with E-state index in [9.17, 15) is 14.7 Å². The quantitative estimate of drug-likeness (QED) is 0.139. The highest BCUT2D eigenvalue weighted by Crippen LogP contribution is 2.45. The molecule has 1 saturated heterocycles. The molecule has 1 aliphatic heterocycles. The molecule has 1 N–H and O–H groups in total. The maximum atomic E-state index is 13.5. The molecule has 0 bridgehead atoms. The molecule has 1 atom stereocenters. The summed E-state index contributed by atoms with van der Waals surface area (Å²) in [5, 5.41) is 11.7. The molecule has 0 aliphatic carbocycles. The Morgan fingerprint density at radius 2 is 1.66 bits per heavy atom. The number of hydrogen-bond donors (Lipinski definition) is 1. The number of nitrogens with zero attached hydrogens (tertiary/aromatic N) is 2. The van der Waals surface area contributed by atoms with Crippen LogP contribution in [0.3, 0.4) is 0 Å². The van der Waals surface area contributed by atoms with Crippen LogP contribution in [0, 0.1) is 0 Å². The lowest BCUT2D eigenvalue weighted by Gasteiger charge is -2.23. The van der Waals surface area contributed by atoms with Crippen LogP contribution in [0.25, 0.3) is 16.0 Å². The van der Waals surface area contributed by atoms with Crippen LogP contribution in [0.15, 0.2) is 85.0 Å². The van der Waals surface area contributed by atoms with E-state index in [-0.39, 0.29) is 11.3 Å². The van der Waals surface area contributed by atoms with Crippen molar-refractivity contribution in [2.45, 2.75) is 6.04 Å². The maximum absolute atomic E-state index is 13.5. The van der Waals surface area contributed by atoms with Gasteiger partial charge in [0.2, 0.25) is 0 Å². The number of carbonyl (C=O) groups excluding carboxylic acids is 2. The van der Waals surface area contributed by atoms with Crippen molar-refractivity contribution in [3.8, 4) is 17.2 Å². The molecule has 5 rings (SSSR count). The van der Waals surface area contributed by atoms with Gasteiger partial charge in [-0.25, -0.2) is 4.98 Å². The highest BCUT2D eigenvalue weighted by atomic mass is 32.1. The van der Waals surface area contributed by atoms with E-state index in [0.717, 1.165) is 4.70 Å². The van der Waals surface area contributed by atoms with Gasteiger partial charge in [-0.05, 0) is 60.2 Å². The van der Waals surface area contributed by atoms with Gasteiger partial charge >= 0.3 is 5.91 Å². The minimum atomic E-state index is -0.909. The highest BCUT2D eigenvalue weighted by molar-refractivity contribution is 7.22. The van der Waals surface area contributed by atoms with Crippen LogP contribution in [0.4, 0.5) is 5.13 Å². The Morgan fingerprint density at radius 3 is 2.32 bits per heavy atom. The predicted molar refractivity (Wildman–Crippen MR) is 146 cm³/mol. The monoisotopic (exact) mass is 528 g/mol. The number of hydrogen-bond acceptors (Lipinski definition) is 8. The summed E-state index contributed by atoms with van der Waals surface area (Å²) in [6.45, 7) is 3.99. The Bertz CT molecular complexity index is 1560. The predicted octanol–water partition coefficient (Wildman–Crippen LogP) is 5.50. The summed E-state index contributed by atoms with van der Waals surface area (Å²) in [5.41, 5.74) is 1.63. The van der Waals surface area contributed by atoms with Crippen LogP contribution in [-0.2, 0) is 9.59 Å². The first kappa shape index (κ1) is 25.0. The zero-order valence-electron chi connectivity index (χ0n) is 20.7. The summed E-state index contributed by atoms with van der Waals surface area (Å²) in [6.07, 6.45) is 1.64. The third-order valence-corrected chi connectivity index (χ3v) is 7.18. The van der Waals surface area contributed by atoms with Crippen LogP contribution in [0.2, 0.25) is 0 Å². The molecule has 0 saturated carbocycles. The molecule has 1 aliphatic rings. The van der Waals surface area contributed by atoms with Crippen molar-refractivity contribution in [1.82, 2.24) is 4.98 Å². The largest absolute Gasteiger partial charge is 0.507 e. The number of aliphatic hydroxyl groups excluding tert-OH is 1. The second-order valence-corrected chi connectivity index (χ2v) is 9.41. The molecule has 3 aromatic carbocycles. The van der Waals surface area contributed by atoms with Gasteiger partial charge in [0.15, 0.2) is 5.13 Å². The van der Waals surface area contributed by atoms with Gasteiger partial charge in [0.1, 0.15) is 29.6 Å². The first-order valence-electron chi connectivity index (χ1n) is 11.7. The summed E-state index contributed by atoms with van der Waals surface area (Å²) < 4.78 is 16.9. The van der Waals surface area contributed by atoms with E-state index in [0.29, 0.717) is 45.6 Å². The van der Waals surface area contributed by atoms with Crippen LogP contribution < -0.4 is 19.1 Å². The molecule has 2 heterocycles. The Hall–Kier alpha value is -4.63. The maximum Gasteiger partial charge on any atom is 0.301 e. The minimum absolute atomic E-state index is 0.0308. The number of aromatic nitrogens is 1. The van der Waals surface area contributed by atoms with Crippen LogP contribution in [0.5, 0.6) is 17.2 Å². The number of methoxy groups -OCH3 is 2. The van der Waals surface area contributed by atoms with Crippen molar-refractivity contribution < 1.29 is 28.9 Å². The number of ether oxygens (including phenoxy) is 3. The highest BCUT2D eigenvalue weighted by Gasteiger charge is 2.48. The van der Waals surface area contributed by atoms with E-state index in [1.807, 2.05) is 6.07 Å². The van der Waals surface area contributed by atoms with Gasteiger partial charge in [-0.3, -0.25) is 14.5 Å². The topological polar surface area (TPSA) is 98.2 Å². The standard InChI is InChI=1S/C29H24N2O6S/c1-4-15-37-20-11-5-17(6-12-20)25-24(26(32)18-7-9-19(35-2)10-8-18)27(33)28(34)31(25)29-30-22-14-13-21(36-3)16-23(22)38-29/h4-14,16,25,32H,1,15H2,2-3H3. The Morgan fingerprint density at radius 1 is 1.00 bits per heavy atom. The molecule has 0 spiro atoms. The normalized spacial score (nSPS) is 16.6. The number of fused-ring (bicyclic) bond motifs is 1. The molecule has 38 heavy (non-hydrogen) atoms. The molecule has 9 heteroatoms. The molecular formula is C29H24N2O6S. The van der Waals surface area contributed by atoms with Crippen LogP contribution in [-0.4, -0.2) is 42.6 Å². The van der Waals surface area contributed by atoms with Crippen LogP contribution in [0.1, 0.15) is 17.2 Å². The zero-order valence-corrected chi connectivity index (χ0v) is 21.5. The Kier molecular flexibility index (Phi) is 6.85. The molecule has 4 aromatic rings. The zero-order chi connectivity index (χ0) is 26.8. The van der Waals surface area contributed by atoms with Crippen molar-refractivity contribution in [1.29, 1.82) is 0 Å². The number of ketones is 1. The average molecular weight is 529 g/mol. The lowest BCUT2D eigenvalue weighted by Crippen LogP contribution is -2.29. The SMILES string of the molecule is C=CCOc1ccc(C2C(=C(O)c3ccc(OC)cc3)C(=O)C(=O)N2c2nc3ccc(OC)cc3s2)cc1. The number of carbonyl (C=O) groups is 2. The summed E-state index contributed by atoms with van der Waals surface area (Å²) in [6, 6.07) is 18.1.